The first-order valence-corrected chi connectivity index (χ1v) is 9.02. The molecule has 1 N–H and O–H groups in total. The van der Waals surface area contributed by atoms with Crippen LogP contribution in [0, 0.1) is 0 Å². The van der Waals surface area contributed by atoms with Crippen LogP contribution < -0.4 is 0 Å². The quantitative estimate of drug-likeness (QED) is 0.817. The molecule has 0 fully saturated rings. The number of Topliss-reactive ketones (excluding diaryl/α,β-unsaturated/α-hetero) is 1. The summed E-state index contributed by atoms with van der Waals surface area (Å²) in [5.41, 5.74) is 2.42. The van der Waals surface area contributed by atoms with Gasteiger partial charge >= 0.3 is 6.09 Å². The number of nitrogens with zero attached hydrogens (tertiary/aromatic N) is 2. The molecular formula is C20H25N3O4. The molecule has 0 spiro atoms. The zero-order valence-corrected chi connectivity index (χ0v) is 15.9. The van der Waals surface area contributed by atoms with Crippen molar-refractivity contribution in [2.45, 2.75) is 45.9 Å². The van der Waals surface area contributed by atoms with Crippen LogP contribution in [0.25, 0.3) is 0 Å². The van der Waals surface area contributed by atoms with E-state index >= 15 is 0 Å². The fourth-order valence-corrected chi connectivity index (χ4v) is 2.93. The standard InChI is InChI=1S/C20H25N3O4/c1-20(2,3)27-19(25)23-11-16-18(17(24)12-23)15(21-22-16)9-10-26-13-14-7-5-4-6-8-14/h4-8H,9-13H2,1-3H3,(H,21,22). The average molecular weight is 371 g/mol. The second-order valence-corrected chi connectivity index (χ2v) is 7.57. The highest BCUT2D eigenvalue weighted by Gasteiger charge is 2.33. The summed E-state index contributed by atoms with van der Waals surface area (Å²) in [5, 5.41) is 7.15. The number of fused-ring (bicyclic) bond motifs is 1. The molecule has 1 aromatic carbocycles. The van der Waals surface area contributed by atoms with E-state index in [0.29, 0.717) is 30.9 Å². The summed E-state index contributed by atoms with van der Waals surface area (Å²) in [7, 11) is 0. The predicted octanol–water partition coefficient (Wildman–Crippen LogP) is 3.10. The summed E-state index contributed by atoms with van der Waals surface area (Å²) >= 11 is 0. The molecule has 7 heteroatoms. The molecule has 1 amide bonds. The lowest BCUT2D eigenvalue weighted by Gasteiger charge is -2.29. The first-order valence-electron chi connectivity index (χ1n) is 9.02. The van der Waals surface area contributed by atoms with Crippen molar-refractivity contribution in [3.63, 3.8) is 0 Å². The van der Waals surface area contributed by atoms with Gasteiger partial charge in [-0.25, -0.2) is 4.79 Å². The van der Waals surface area contributed by atoms with Crippen LogP contribution in [0.2, 0.25) is 0 Å². The number of carbonyl (C=O) groups is 2. The Morgan fingerprint density at radius 1 is 1.22 bits per heavy atom. The van der Waals surface area contributed by atoms with Gasteiger partial charge < -0.3 is 9.47 Å². The first-order chi connectivity index (χ1) is 12.8. The minimum atomic E-state index is -0.604. The molecule has 1 aromatic heterocycles. The van der Waals surface area contributed by atoms with Gasteiger partial charge in [-0.15, -0.1) is 0 Å². The minimum absolute atomic E-state index is 0.000675. The van der Waals surface area contributed by atoms with E-state index < -0.39 is 11.7 Å². The molecule has 0 unspecified atom stereocenters. The molecule has 0 radical (unpaired) electrons. The van der Waals surface area contributed by atoms with Gasteiger partial charge in [-0.1, -0.05) is 30.3 Å². The maximum Gasteiger partial charge on any atom is 0.411 e. The number of H-pyrrole nitrogens is 1. The zero-order chi connectivity index (χ0) is 19.4. The number of hydrogen-bond donors (Lipinski definition) is 1. The number of ether oxygens (including phenoxy) is 2. The summed E-state index contributed by atoms with van der Waals surface area (Å²) in [6.45, 7) is 6.65. The SMILES string of the molecule is CC(C)(C)OC(=O)N1CC(=O)c2c(n[nH]c2CCOCc2ccccc2)C1. The Kier molecular flexibility index (Phi) is 5.60. The van der Waals surface area contributed by atoms with Crippen molar-refractivity contribution in [1.82, 2.24) is 15.1 Å². The van der Waals surface area contributed by atoms with Crippen molar-refractivity contribution in [1.29, 1.82) is 0 Å². The normalized spacial score (nSPS) is 14.2. The molecule has 0 atom stereocenters. The number of amides is 1. The van der Waals surface area contributed by atoms with Crippen molar-refractivity contribution in [2.24, 2.45) is 0 Å². The first kappa shape index (κ1) is 19.1. The van der Waals surface area contributed by atoms with Gasteiger partial charge in [0, 0.05) is 12.1 Å². The van der Waals surface area contributed by atoms with Gasteiger partial charge in [-0.05, 0) is 26.3 Å². The highest BCUT2D eigenvalue weighted by Crippen LogP contribution is 2.22. The van der Waals surface area contributed by atoms with Gasteiger partial charge in [0.1, 0.15) is 5.60 Å². The van der Waals surface area contributed by atoms with Gasteiger partial charge in [0.15, 0.2) is 5.78 Å². The van der Waals surface area contributed by atoms with Crippen molar-refractivity contribution in [2.75, 3.05) is 13.2 Å². The van der Waals surface area contributed by atoms with Crippen LogP contribution in [0.4, 0.5) is 4.79 Å². The van der Waals surface area contributed by atoms with E-state index in [4.69, 9.17) is 9.47 Å². The Hall–Kier alpha value is -2.67. The Morgan fingerprint density at radius 3 is 2.67 bits per heavy atom. The van der Waals surface area contributed by atoms with Gasteiger partial charge in [0.25, 0.3) is 0 Å². The van der Waals surface area contributed by atoms with Gasteiger partial charge in [0.05, 0.1) is 37.6 Å². The molecule has 3 rings (SSSR count). The largest absolute Gasteiger partial charge is 0.444 e. The molecule has 144 valence electrons. The molecule has 1 aliphatic rings. The van der Waals surface area contributed by atoms with Gasteiger partial charge in [0.2, 0.25) is 0 Å². The molecular weight excluding hydrogens is 346 g/mol. The Labute approximate surface area is 158 Å². The van der Waals surface area contributed by atoms with E-state index in [1.54, 1.807) is 20.8 Å². The van der Waals surface area contributed by atoms with Crippen LogP contribution in [0.15, 0.2) is 30.3 Å². The third-order valence-corrected chi connectivity index (χ3v) is 4.13. The van der Waals surface area contributed by atoms with Crippen LogP contribution in [0.1, 0.15) is 48.1 Å². The second kappa shape index (κ2) is 7.92. The lowest BCUT2D eigenvalue weighted by molar-refractivity contribution is 0.0217. The molecule has 0 aliphatic carbocycles. The Bertz CT molecular complexity index is 808. The maximum atomic E-state index is 12.6. The molecule has 0 saturated heterocycles. The van der Waals surface area contributed by atoms with E-state index in [9.17, 15) is 9.59 Å². The number of aromatic nitrogens is 2. The zero-order valence-electron chi connectivity index (χ0n) is 15.9. The van der Waals surface area contributed by atoms with E-state index in [1.165, 1.54) is 4.90 Å². The number of hydrogen-bond acceptors (Lipinski definition) is 5. The molecule has 1 aliphatic heterocycles. The molecule has 27 heavy (non-hydrogen) atoms. The van der Waals surface area contributed by atoms with Crippen LogP contribution in [0.3, 0.4) is 0 Å². The summed E-state index contributed by atoms with van der Waals surface area (Å²) in [5.74, 6) is -0.131. The fourth-order valence-electron chi connectivity index (χ4n) is 2.93. The Morgan fingerprint density at radius 2 is 1.96 bits per heavy atom. The average Bonchev–Trinajstić information content (AvgIpc) is 3.02. The summed E-state index contributed by atoms with van der Waals surface area (Å²) in [6.07, 6.45) is 0.0603. The summed E-state index contributed by atoms with van der Waals surface area (Å²) in [6, 6.07) is 9.92. The smallest absolute Gasteiger partial charge is 0.411 e. The lowest BCUT2D eigenvalue weighted by Crippen LogP contribution is -2.42. The number of nitrogens with one attached hydrogen (secondary N) is 1. The number of carbonyl (C=O) groups excluding carboxylic acids is 2. The highest BCUT2D eigenvalue weighted by molar-refractivity contribution is 6.02. The van der Waals surface area contributed by atoms with Crippen LogP contribution in [-0.4, -0.2) is 45.7 Å². The van der Waals surface area contributed by atoms with Crippen molar-refractivity contribution in [3.05, 3.63) is 52.8 Å². The van der Waals surface area contributed by atoms with Gasteiger partial charge in [-0.2, -0.15) is 5.10 Å². The van der Waals surface area contributed by atoms with Crippen molar-refractivity contribution >= 4 is 11.9 Å². The predicted molar refractivity (Wildman–Crippen MR) is 99.4 cm³/mol. The molecule has 0 bridgehead atoms. The third kappa shape index (κ3) is 4.95. The van der Waals surface area contributed by atoms with E-state index in [-0.39, 0.29) is 18.9 Å². The molecule has 7 nitrogen and oxygen atoms in total. The Balaban J connectivity index is 1.57. The van der Waals surface area contributed by atoms with Crippen molar-refractivity contribution < 1.29 is 19.1 Å². The van der Waals surface area contributed by atoms with E-state index in [0.717, 1.165) is 11.3 Å². The monoisotopic (exact) mass is 371 g/mol. The van der Waals surface area contributed by atoms with E-state index in [2.05, 4.69) is 10.2 Å². The number of benzene rings is 1. The van der Waals surface area contributed by atoms with Gasteiger partial charge in [-0.3, -0.25) is 14.8 Å². The summed E-state index contributed by atoms with van der Waals surface area (Å²) in [4.78, 5) is 26.1. The minimum Gasteiger partial charge on any atom is -0.444 e. The lowest BCUT2D eigenvalue weighted by atomic mass is 10.0. The van der Waals surface area contributed by atoms with Crippen LogP contribution >= 0.6 is 0 Å². The molecule has 2 heterocycles. The maximum absolute atomic E-state index is 12.6. The topological polar surface area (TPSA) is 84.5 Å². The van der Waals surface area contributed by atoms with E-state index in [1.807, 2.05) is 30.3 Å². The molecule has 0 saturated carbocycles. The second-order valence-electron chi connectivity index (χ2n) is 7.57. The number of ketones is 1. The van der Waals surface area contributed by atoms with Crippen LogP contribution in [0.5, 0.6) is 0 Å². The summed E-state index contributed by atoms with van der Waals surface area (Å²) < 4.78 is 11.0. The molecule has 2 aromatic rings. The number of rotatable bonds is 5. The fraction of sp³-hybridized carbons (Fsp3) is 0.450. The third-order valence-electron chi connectivity index (χ3n) is 4.13. The van der Waals surface area contributed by atoms with Crippen molar-refractivity contribution in [3.8, 4) is 0 Å². The number of aromatic amines is 1. The van der Waals surface area contributed by atoms with Crippen LogP contribution in [-0.2, 0) is 29.0 Å². The highest BCUT2D eigenvalue weighted by atomic mass is 16.6.